The van der Waals surface area contributed by atoms with Gasteiger partial charge in [0.25, 0.3) is 5.91 Å². The van der Waals surface area contributed by atoms with E-state index in [1.54, 1.807) is 30.3 Å². The monoisotopic (exact) mass is 360 g/mol. The van der Waals surface area contributed by atoms with Crippen molar-refractivity contribution >= 4 is 27.3 Å². The number of rotatable bonds is 4. The van der Waals surface area contributed by atoms with E-state index in [-0.39, 0.29) is 11.7 Å². The molecule has 0 aromatic heterocycles. The van der Waals surface area contributed by atoms with Crippen LogP contribution in [0, 0.1) is 6.92 Å². The summed E-state index contributed by atoms with van der Waals surface area (Å²) >= 11 is 0. The van der Waals surface area contributed by atoms with Gasteiger partial charge in [-0.25, -0.2) is 8.42 Å². The minimum atomic E-state index is -3.28. The number of hydrogen-bond acceptors (Lipinski definition) is 4. The Kier molecular flexibility index (Phi) is 4.67. The lowest BCUT2D eigenvalue weighted by Gasteiger charge is -2.19. The van der Waals surface area contributed by atoms with E-state index in [0.29, 0.717) is 35.7 Å². The molecule has 1 aliphatic heterocycles. The fourth-order valence-electron chi connectivity index (χ4n) is 2.86. The number of hydrogen-bond donors (Lipinski definition) is 1. The zero-order valence-electron chi connectivity index (χ0n) is 14.2. The predicted octanol–water partition coefficient (Wildman–Crippen LogP) is 2.80. The van der Waals surface area contributed by atoms with Gasteiger partial charge in [0, 0.05) is 12.1 Å². The van der Waals surface area contributed by atoms with Crippen molar-refractivity contribution in [2.45, 2.75) is 13.3 Å². The molecule has 0 aliphatic carbocycles. The Hall–Kier alpha value is -2.54. The zero-order valence-corrected chi connectivity index (χ0v) is 15.0. The highest BCUT2D eigenvalue weighted by Gasteiger charge is 2.29. The van der Waals surface area contributed by atoms with Crippen molar-refractivity contribution in [3.05, 3.63) is 53.6 Å². The Morgan fingerprint density at radius 2 is 2.00 bits per heavy atom. The van der Waals surface area contributed by atoms with Crippen LogP contribution in [0.1, 0.15) is 22.3 Å². The number of aryl methyl sites for hydroxylation is 1. The van der Waals surface area contributed by atoms with E-state index in [1.165, 1.54) is 11.4 Å². The maximum absolute atomic E-state index is 12.5. The normalized spacial score (nSPS) is 15.8. The summed E-state index contributed by atoms with van der Waals surface area (Å²) in [6.45, 7) is 2.36. The highest BCUT2D eigenvalue weighted by Crippen LogP contribution is 2.33. The third-order valence-corrected chi connectivity index (χ3v) is 5.97. The number of carbonyl (C=O) groups excluding carboxylic acids is 1. The van der Waals surface area contributed by atoms with Crippen LogP contribution < -0.4 is 14.4 Å². The van der Waals surface area contributed by atoms with E-state index in [4.69, 9.17) is 4.74 Å². The lowest BCUT2D eigenvalue weighted by molar-refractivity contribution is 0.102. The zero-order chi connectivity index (χ0) is 18.0. The smallest absolute Gasteiger partial charge is 0.255 e. The average Bonchev–Trinajstić information content (AvgIpc) is 2.94. The number of nitrogens with one attached hydrogen (secondary N) is 1. The molecule has 1 heterocycles. The van der Waals surface area contributed by atoms with Crippen LogP contribution in [0.25, 0.3) is 0 Å². The highest BCUT2D eigenvalue weighted by molar-refractivity contribution is 7.93. The maximum Gasteiger partial charge on any atom is 0.255 e. The molecule has 0 bridgehead atoms. The fraction of sp³-hybridized carbons (Fsp3) is 0.278. The molecule has 1 fully saturated rings. The van der Waals surface area contributed by atoms with E-state index < -0.39 is 10.0 Å². The number of ether oxygens (including phenoxy) is 1. The van der Waals surface area contributed by atoms with Crippen LogP contribution in [0.3, 0.4) is 0 Å². The molecule has 0 saturated carbocycles. The van der Waals surface area contributed by atoms with E-state index in [9.17, 15) is 13.2 Å². The molecule has 3 rings (SSSR count). The Morgan fingerprint density at radius 1 is 1.20 bits per heavy atom. The summed E-state index contributed by atoms with van der Waals surface area (Å²) in [4.78, 5) is 12.5. The Morgan fingerprint density at radius 3 is 2.64 bits per heavy atom. The number of anilines is 2. The predicted molar refractivity (Wildman–Crippen MR) is 97.9 cm³/mol. The minimum Gasteiger partial charge on any atom is -0.495 e. The number of carbonyl (C=O) groups is 1. The number of amides is 1. The summed E-state index contributed by atoms with van der Waals surface area (Å²) in [6, 6.07) is 12.2. The molecule has 1 N–H and O–H groups in total. The van der Waals surface area contributed by atoms with Crippen molar-refractivity contribution in [2.75, 3.05) is 29.0 Å². The van der Waals surface area contributed by atoms with E-state index >= 15 is 0 Å². The lowest BCUT2D eigenvalue weighted by atomic mass is 10.1. The van der Waals surface area contributed by atoms with Crippen LogP contribution in [0.4, 0.5) is 11.4 Å². The molecule has 132 valence electrons. The number of nitrogens with zero attached hydrogens (tertiary/aromatic N) is 1. The van der Waals surface area contributed by atoms with E-state index in [1.807, 2.05) is 19.1 Å². The summed E-state index contributed by atoms with van der Waals surface area (Å²) in [7, 11) is -1.78. The molecule has 2 aromatic rings. The van der Waals surface area contributed by atoms with Crippen molar-refractivity contribution in [3.63, 3.8) is 0 Å². The van der Waals surface area contributed by atoms with Gasteiger partial charge in [0.15, 0.2) is 0 Å². The van der Waals surface area contributed by atoms with Crippen LogP contribution in [-0.2, 0) is 10.0 Å². The summed E-state index contributed by atoms with van der Waals surface area (Å²) in [5, 5.41) is 2.81. The molecule has 1 aliphatic rings. The average molecular weight is 360 g/mol. The second-order valence-corrected chi connectivity index (χ2v) is 7.96. The quantitative estimate of drug-likeness (QED) is 0.910. The topological polar surface area (TPSA) is 75.7 Å². The van der Waals surface area contributed by atoms with Gasteiger partial charge in [0.05, 0.1) is 24.2 Å². The number of benzene rings is 2. The van der Waals surface area contributed by atoms with Gasteiger partial charge in [0.1, 0.15) is 5.75 Å². The Bertz CT molecular complexity index is 909. The minimum absolute atomic E-state index is 0.143. The van der Waals surface area contributed by atoms with E-state index in [2.05, 4.69) is 5.32 Å². The molecule has 0 atom stereocenters. The van der Waals surface area contributed by atoms with Crippen LogP contribution in [0.15, 0.2) is 42.5 Å². The first-order valence-electron chi connectivity index (χ1n) is 7.97. The fourth-order valence-corrected chi connectivity index (χ4v) is 4.42. The van der Waals surface area contributed by atoms with Gasteiger partial charge in [-0.15, -0.1) is 0 Å². The molecule has 7 heteroatoms. The first-order chi connectivity index (χ1) is 11.9. The first kappa shape index (κ1) is 17.3. The first-order valence-corrected chi connectivity index (χ1v) is 9.58. The van der Waals surface area contributed by atoms with Crippen LogP contribution in [-0.4, -0.2) is 33.7 Å². The van der Waals surface area contributed by atoms with E-state index in [0.717, 1.165) is 5.56 Å². The summed E-state index contributed by atoms with van der Waals surface area (Å²) < 4.78 is 30.9. The van der Waals surface area contributed by atoms with Crippen molar-refractivity contribution in [1.29, 1.82) is 0 Å². The molecular formula is C18H20N2O4S. The summed E-state index contributed by atoms with van der Waals surface area (Å²) in [5.74, 6) is 0.342. The molecule has 25 heavy (non-hydrogen) atoms. The van der Waals surface area contributed by atoms with Gasteiger partial charge >= 0.3 is 0 Å². The van der Waals surface area contributed by atoms with Crippen molar-refractivity contribution in [2.24, 2.45) is 0 Å². The standard InChI is InChI=1S/C18H20N2O4S/c1-13-5-3-6-14(11-13)18(21)19-16-12-15(7-8-17(16)24-2)20-9-4-10-25(20,22)23/h3,5-8,11-12H,4,9-10H2,1-2H3,(H,19,21). The summed E-state index contributed by atoms with van der Waals surface area (Å²) in [5.41, 5.74) is 2.48. The summed E-state index contributed by atoms with van der Waals surface area (Å²) in [6.07, 6.45) is 0.597. The van der Waals surface area contributed by atoms with Crippen LogP contribution in [0.5, 0.6) is 5.75 Å². The largest absolute Gasteiger partial charge is 0.495 e. The van der Waals surface area contributed by atoms with Crippen LogP contribution in [0.2, 0.25) is 0 Å². The number of sulfonamides is 1. The molecule has 1 amide bonds. The molecular weight excluding hydrogens is 340 g/mol. The lowest BCUT2D eigenvalue weighted by Crippen LogP contribution is -2.25. The Labute approximate surface area is 147 Å². The molecule has 1 saturated heterocycles. The van der Waals surface area contributed by atoms with Gasteiger partial charge in [-0.05, 0) is 43.7 Å². The third-order valence-electron chi connectivity index (χ3n) is 4.10. The van der Waals surface area contributed by atoms with Gasteiger partial charge < -0.3 is 10.1 Å². The highest BCUT2D eigenvalue weighted by atomic mass is 32.2. The van der Waals surface area contributed by atoms with Crippen molar-refractivity contribution in [3.8, 4) is 5.75 Å². The maximum atomic E-state index is 12.5. The molecule has 0 unspecified atom stereocenters. The molecule has 0 spiro atoms. The van der Waals surface area contributed by atoms with Gasteiger partial charge in [-0.1, -0.05) is 17.7 Å². The molecule has 6 nitrogen and oxygen atoms in total. The van der Waals surface area contributed by atoms with Gasteiger partial charge in [-0.3, -0.25) is 9.10 Å². The van der Waals surface area contributed by atoms with Gasteiger partial charge in [-0.2, -0.15) is 0 Å². The Balaban J connectivity index is 1.92. The second-order valence-electron chi connectivity index (χ2n) is 5.95. The third kappa shape index (κ3) is 3.61. The SMILES string of the molecule is COc1ccc(N2CCCS2(=O)=O)cc1NC(=O)c1cccc(C)c1. The second kappa shape index (κ2) is 6.76. The van der Waals surface area contributed by atoms with Crippen molar-refractivity contribution < 1.29 is 17.9 Å². The number of methoxy groups -OCH3 is 1. The molecule has 0 radical (unpaired) electrons. The van der Waals surface area contributed by atoms with Gasteiger partial charge in [0.2, 0.25) is 10.0 Å². The molecule has 2 aromatic carbocycles. The van der Waals surface area contributed by atoms with Crippen LogP contribution >= 0.6 is 0 Å². The van der Waals surface area contributed by atoms with Crippen molar-refractivity contribution in [1.82, 2.24) is 0 Å².